The molecular formula is C4H4Cl3NSi. The topological polar surface area (TPSA) is 4.93 Å². The molecule has 0 aliphatic heterocycles. The Hall–Kier alpha value is 0.367. The van der Waals surface area contributed by atoms with Gasteiger partial charge in [0.2, 0.25) is 0 Å². The van der Waals surface area contributed by atoms with Crippen molar-refractivity contribution < 1.29 is 0 Å². The van der Waals surface area contributed by atoms with Gasteiger partial charge in [-0.25, -0.2) is 0 Å². The van der Waals surface area contributed by atoms with Gasteiger partial charge in [0.05, 0.1) is 0 Å². The van der Waals surface area contributed by atoms with Gasteiger partial charge in [0.25, 0.3) is 0 Å². The number of rotatable bonds is 1. The van der Waals surface area contributed by atoms with Gasteiger partial charge >= 0.3 is 6.16 Å². The summed E-state index contributed by atoms with van der Waals surface area (Å²) in [4.78, 5) is 0. The first kappa shape index (κ1) is 7.47. The summed E-state index contributed by atoms with van der Waals surface area (Å²) in [5.41, 5.74) is 0. The summed E-state index contributed by atoms with van der Waals surface area (Å²) in [5.74, 6) is 0. The summed E-state index contributed by atoms with van der Waals surface area (Å²) < 4.78 is 1.62. The van der Waals surface area contributed by atoms with Crippen LogP contribution in [-0.2, 0) is 0 Å². The zero-order chi connectivity index (χ0) is 6.91. The SMILES string of the molecule is Cl[Si](Cl)(Cl)n1cccc1. The molecule has 1 nitrogen and oxygen atoms in total. The van der Waals surface area contributed by atoms with Crippen molar-refractivity contribution in [1.29, 1.82) is 0 Å². The van der Waals surface area contributed by atoms with E-state index in [1.807, 2.05) is 12.1 Å². The normalized spacial score (nSPS) is 11.9. The molecular weight excluding hydrogens is 196 g/mol. The Labute approximate surface area is 68.3 Å². The Balaban J connectivity index is 2.90. The zero-order valence-corrected chi connectivity index (χ0v) is 7.66. The third kappa shape index (κ3) is 1.90. The van der Waals surface area contributed by atoms with E-state index in [0.717, 1.165) is 0 Å². The summed E-state index contributed by atoms with van der Waals surface area (Å²) in [6.07, 6.45) is 0.851. The minimum absolute atomic E-state index is 1.62. The predicted molar refractivity (Wildman–Crippen MR) is 43.1 cm³/mol. The fourth-order valence-corrected chi connectivity index (χ4v) is 2.03. The summed E-state index contributed by atoms with van der Waals surface area (Å²) in [5, 5.41) is 0. The molecule has 1 heterocycles. The molecule has 50 valence electrons. The number of hydrogen-bond donors (Lipinski definition) is 0. The lowest BCUT2D eigenvalue weighted by Crippen LogP contribution is -2.21. The Kier molecular flexibility index (Phi) is 2.11. The Bertz CT molecular complexity index is 178. The first-order chi connectivity index (χ1) is 4.11. The maximum absolute atomic E-state index is 5.63. The van der Waals surface area contributed by atoms with Crippen molar-refractivity contribution in [2.75, 3.05) is 0 Å². The lowest BCUT2D eigenvalue weighted by Gasteiger charge is -2.07. The van der Waals surface area contributed by atoms with E-state index in [-0.39, 0.29) is 0 Å². The van der Waals surface area contributed by atoms with Crippen LogP contribution in [0.2, 0.25) is 0 Å². The largest absolute Gasteiger partial charge is 0.458 e. The maximum Gasteiger partial charge on any atom is 0.458 e. The molecule has 0 saturated heterocycles. The molecule has 0 N–H and O–H groups in total. The molecule has 0 aliphatic carbocycles. The third-order valence-corrected chi connectivity index (χ3v) is 3.54. The van der Waals surface area contributed by atoms with Crippen molar-refractivity contribution >= 4 is 39.4 Å². The van der Waals surface area contributed by atoms with Crippen molar-refractivity contribution in [3.8, 4) is 0 Å². The Morgan fingerprint density at radius 2 is 1.44 bits per heavy atom. The van der Waals surface area contributed by atoms with Crippen LogP contribution >= 0.6 is 33.2 Å². The number of halogens is 3. The maximum atomic E-state index is 5.63. The van der Waals surface area contributed by atoms with Gasteiger partial charge in [-0.3, -0.25) is 0 Å². The second-order valence-corrected chi connectivity index (χ2v) is 9.67. The number of hydrogen-bond acceptors (Lipinski definition) is 0. The standard InChI is InChI=1S/C4H4Cl3NSi/c5-9(6,7)8-3-1-2-4-8/h1-4H. The number of nitrogens with zero attached hydrogens (tertiary/aromatic N) is 1. The van der Waals surface area contributed by atoms with Gasteiger partial charge < -0.3 is 4.23 Å². The van der Waals surface area contributed by atoms with E-state index in [1.54, 1.807) is 16.6 Å². The van der Waals surface area contributed by atoms with Crippen molar-refractivity contribution in [3.05, 3.63) is 24.5 Å². The average Bonchev–Trinajstić information content (AvgIpc) is 2.08. The highest BCUT2D eigenvalue weighted by Gasteiger charge is 2.26. The average molecular weight is 201 g/mol. The van der Waals surface area contributed by atoms with E-state index in [0.29, 0.717) is 0 Å². The van der Waals surface area contributed by atoms with Crippen molar-refractivity contribution in [2.24, 2.45) is 0 Å². The van der Waals surface area contributed by atoms with Crippen LogP contribution in [0.15, 0.2) is 24.5 Å². The van der Waals surface area contributed by atoms with Crippen molar-refractivity contribution in [2.45, 2.75) is 0 Å². The summed E-state index contributed by atoms with van der Waals surface area (Å²) in [6, 6.07) is 3.66. The van der Waals surface area contributed by atoms with E-state index in [9.17, 15) is 0 Å². The van der Waals surface area contributed by atoms with Crippen LogP contribution in [0.3, 0.4) is 0 Å². The highest BCUT2D eigenvalue weighted by Crippen LogP contribution is 2.21. The predicted octanol–water partition coefficient (Wildman–Crippen LogP) is 2.49. The molecule has 0 bridgehead atoms. The molecule has 9 heavy (non-hydrogen) atoms. The highest BCUT2D eigenvalue weighted by molar-refractivity contribution is 7.64. The molecule has 1 aromatic heterocycles. The summed E-state index contributed by atoms with van der Waals surface area (Å²) in [6.45, 7) is 0. The van der Waals surface area contributed by atoms with Crippen molar-refractivity contribution in [3.63, 3.8) is 0 Å². The fourth-order valence-electron chi connectivity index (χ4n) is 0.504. The van der Waals surface area contributed by atoms with Crippen LogP contribution in [0.5, 0.6) is 0 Å². The molecule has 0 aromatic carbocycles. The Morgan fingerprint density at radius 3 is 1.67 bits per heavy atom. The monoisotopic (exact) mass is 199 g/mol. The van der Waals surface area contributed by atoms with Crippen LogP contribution in [0.1, 0.15) is 0 Å². The van der Waals surface area contributed by atoms with E-state index >= 15 is 0 Å². The molecule has 0 amide bonds. The highest BCUT2D eigenvalue weighted by atomic mass is 35.8. The molecule has 0 aliphatic rings. The fraction of sp³-hybridized carbons (Fsp3) is 0. The van der Waals surface area contributed by atoms with Crippen LogP contribution in [0.4, 0.5) is 0 Å². The van der Waals surface area contributed by atoms with Gasteiger partial charge in [-0.2, -0.15) is 0 Å². The molecule has 0 saturated carbocycles. The van der Waals surface area contributed by atoms with Gasteiger partial charge in [-0.15, -0.1) is 33.2 Å². The van der Waals surface area contributed by atoms with E-state index in [1.165, 1.54) is 0 Å². The smallest absolute Gasteiger partial charge is 0.344 e. The molecule has 1 rings (SSSR count). The van der Waals surface area contributed by atoms with Gasteiger partial charge in [0.1, 0.15) is 0 Å². The van der Waals surface area contributed by atoms with Crippen LogP contribution in [0.25, 0.3) is 0 Å². The van der Waals surface area contributed by atoms with Crippen LogP contribution in [0, 0.1) is 0 Å². The zero-order valence-electron chi connectivity index (χ0n) is 4.39. The first-order valence-corrected chi connectivity index (χ1v) is 7.29. The lowest BCUT2D eigenvalue weighted by molar-refractivity contribution is 1.24. The number of aromatic nitrogens is 1. The molecule has 0 atom stereocenters. The minimum atomic E-state index is -2.65. The molecule has 0 fully saturated rings. The molecule has 1 aromatic rings. The lowest BCUT2D eigenvalue weighted by atomic mass is 10.7. The van der Waals surface area contributed by atoms with Gasteiger partial charge in [-0.05, 0) is 24.5 Å². The molecule has 0 unspecified atom stereocenters. The van der Waals surface area contributed by atoms with Crippen molar-refractivity contribution in [1.82, 2.24) is 4.23 Å². The Morgan fingerprint density at radius 1 is 1.00 bits per heavy atom. The van der Waals surface area contributed by atoms with Gasteiger partial charge in [-0.1, -0.05) is 0 Å². The molecule has 0 radical (unpaired) electrons. The van der Waals surface area contributed by atoms with Gasteiger partial charge in [0, 0.05) is 0 Å². The molecule has 0 spiro atoms. The van der Waals surface area contributed by atoms with E-state index in [2.05, 4.69) is 0 Å². The minimum Gasteiger partial charge on any atom is -0.344 e. The quantitative estimate of drug-likeness (QED) is 0.485. The second kappa shape index (κ2) is 2.54. The first-order valence-electron chi connectivity index (χ1n) is 2.31. The van der Waals surface area contributed by atoms with E-state index < -0.39 is 6.16 Å². The summed E-state index contributed by atoms with van der Waals surface area (Å²) >= 11 is 16.9. The molecule has 5 heteroatoms. The summed E-state index contributed by atoms with van der Waals surface area (Å²) in [7, 11) is 0. The van der Waals surface area contributed by atoms with Gasteiger partial charge in [0.15, 0.2) is 0 Å². The van der Waals surface area contributed by atoms with Crippen LogP contribution in [-0.4, -0.2) is 10.4 Å². The van der Waals surface area contributed by atoms with E-state index in [4.69, 9.17) is 33.2 Å². The second-order valence-electron chi connectivity index (χ2n) is 1.56. The third-order valence-electron chi connectivity index (χ3n) is 0.897. The van der Waals surface area contributed by atoms with Crippen LogP contribution < -0.4 is 0 Å².